The summed E-state index contributed by atoms with van der Waals surface area (Å²) in [5, 5.41) is 7.52. The van der Waals surface area contributed by atoms with Crippen molar-refractivity contribution in [1.29, 1.82) is 0 Å². The second-order valence-electron chi connectivity index (χ2n) is 10.6. The van der Waals surface area contributed by atoms with Crippen molar-refractivity contribution < 1.29 is 0 Å². The number of hydrogen-bond acceptors (Lipinski definition) is 3. The van der Waals surface area contributed by atoms with Gasteiger partial charge in [-0.25, -0.2) is 4.99 Å². The molecule has 2 N–H and O–H groups in total. The standard InChI is InChI=1S/C39H31N3/c1-4-13-28(14-5-1)31-19-10-22-34(25-31)37-40-38(35-23-11-20-32(26-35)29-15-6-2-7-16-29)42-39(41-37)36-24-12-21-33(27-36)30-17-8-3-9-18-30/h1-27,37-38,40H,(H,41,42). The predicted octanol–water partition coefficient (Wildman–Crippen LogP) is 9.02. The Kier molecular flexibility index (Phi) is 7.16. The number of rotatable bonds is 6. The average Bonchev–Trinajstić information content (AvgIpc) is 3.09. The first-order valence-corrected chi connectivity index (χ1v) is 14.4. The molecule has 0 fully saturated rings. The smallest absolute Gasteiger partial charge is 0.131 e. The molecule has 0 saturated carbocycles. The van der Waals surface area contributed by atoms with Crippen molar-refractivity contribution in [3.63, 3.8) is 0 Å². The summed E-state index contributed by atoms with van der Waals surface area (Å²) in [6, 6.07) is 57.6. The van der Waals surface area contributed by atoms with E-state index in [2.05, 4.69) is 168 Å². The molecule has 1 aliphatic rings. The van der Waals surface area contributed by atoms with Gasteiger partial charge >= 0.3 is 0 Å². The van der Waals surface area contributed by atoms with Crippen LogP contribution in [0.15, 0.2) is 169 Å². The molecule has 7 rings (SSSR count). The predicted molar refractivity (Wildman–Crippen MR) is 174 cm³/mol. The Morgan fingerprint density at radius 2 is 0.810 bits per heavy atom. The summed E-state index contributed by atoms with van der Waals surface area (Å²) >= 11 is 0. The van der Waals surface area contributed by atoms with Gasteiger partial charge in [-0.2, -0.15) is 0 Å². The Morgan fingerprint density at radius 3 is 1.38 bits per heavy atom. The van der Waals surface area contributed by atoms with Gasteiger partial charge in [0.25, 0.3) is 0 Å². The molecule has 1 heterocycles. The minimum Gasteiger partial charge on any atom is -0.350 e. The Labute approximate surface area is 247 Å². The molecular weight excluding hydrogens is 510 g/mol. The highest BCUT2D eigenvalue weighted by molar-refractivity contribution is 6.00. The first-order valence-electron chi connectivity index (χ1n) is 14.4. The molecule has 6 aromatic carbocycles. The lowest BCUT2D eigenvalue weighted by Crippen LogP contribution is -2.45. The van der Waals surface area contributed by atoms with Gasteiger partial charge in [-0.3, -0.25) is 5.32 Å². The number of nitrogens with zero attached hydrogens (tertiary/aromatic N) is 1. The maximum atomic E-state index is 5.24. The first kappa shape index (κ1) is 25.7. The molecule has 0 aromatic heterocycles. The van der Waals surface area contributed by atoms with Gasteiger partial charge < -0.3 is 5.32 Å². The third-order valence-corrected chi connectivity index (χ3v) is 7.74. The Bertz CT molecular complexity index is 1830. The molecule has 0 bridgehead atoms. The van der Waals surface area contributed by atoms with Gasteiger partial charge in [0.1, 0.15) is 18.2 Å². The van der Waals surface area contributed by atoms with Crippen LogP contribution in [0.3, 0.4) is 0 Å². The van der Waals surface area contributed by atoms with E-state index < -0.39 is 0 Å². The van der Waals surface area contributed by atoms with Crippen LogP contribution >= 0.6 is 0 Å². The maximum absolute atomic E-state index is 5.24. The SMILES string of the molecule is c1ccc(-c2cccc(C3=NC(c4cccc(-c5ccccc5)c4)NC(c4cccc(-c5ccccc5)c4)N3)c2)cc1. The molecule has 2 atom stereocenters. The van der Waals surface area contributed by atoms with Gasteiger partial charge in [0.2, 0.25) is 0 Å². The maximum Gasteiger partial charge on any atom is 0.131 e. The normalized spacial score (nSPS) is 16.3. The molecule has 2 unspecified atom stereocenters. The monoisotopic (exact) mass is 541 g/mol. The van der Waals surface area contributed by atoms with E-state index in [4.69, 9.17) is 4.99 Å². The van der Waals surface area contributed by atoms with Crippen molar-refractivity contribution in [1.82, 2.24) is 10.6 Å². The Morgan fingerprint density at radius 1 is 0.381 bits per heavy atom. The Balaban J connectivity index is 1.29. The summed E-state index contributed by atoms with van der Waals surface area (Å²) in [6.45, 7) is 0. The summed E-state index contributed by atoms with van der Waals surface area (Å²) in [6.07, 6.45) is -0.359. The van der Waals surface area contributed by atoms with Gasteiger partial charge in [-0.05, 0) is 62.7 Å². The van der Waals surface area contributed by atoms with Crippen LogP contribution in [-0.4, -0.2) is 5.84 Å². The molecule has 0 saturated heterocycles. The zero-order chi connectivity index (χ0) is 28.1. The number of amidine groups is 1. The van der Waals surface area contributed by atoms with Crippen molar-refractivity contribution in [2.75, 3.05) is 0 Å². The van der Waals surface area contributed by atoms with Crippen molar-refractivity contribution in [2.24, 2.45) is 4.99 Å². The van der Waals surface area contributed by atoms with E-state index in [1.54, 1.807) is 0 Å². The number of hydrogen-bond donors (Lipinski definition) is 2. The van der Waals surface area contributed by atoms with E-state index >= 15 is 0 Å². The van der Waals surface area contributed by atoms with Gasteiger partial charge in [-0.15, -0.1) is 0 Å². The summed E-state index contributed by atoms with van der Waals surface area (Å²) in [7, 11) is 0. The highest BCUT2D eigenvalue weighted by Crippen LogP contribution is 2.31. The molecule has 0 aliphatic carbocycles. The lowest BCUT2D eigenvalue weighted by Gasteiger charge is -2.32. The molecule has 202 valence electrons. The van der Waals surface area contributed by atoms with Crippen LogP contribution < -0.4 is 10.6 Å². The van der Waals surface area contributed by atoms with Crippen LogP contribution in [0.2, 0.25) is 0 Å². The zero-order valence-corrected chi connectivity index (χ0v) is 23.2. The third-order valence-electron chi connectivity index (χ3n) is 7.74. The minimum absolute atomic E-state index is 0.132. The minimum atomic E-state index is -0.226. The van der Waals surface area contributed by atoms with Crippen LogP contribution in [0.25, 0.3) is 33.4 Å². The second-order valence-corrected chi connectivity index (χ2v) is 10.6. The molecular formula is C39H31N3. The molecule has 42 heavy (non-hydrogen) atoms. The molecule has 1 aliphatic heterocycles. The Hall–Kier alpha value is -5.25. The molecule has 6 aromatic rings. The van der Waals surface area contributed by atoms with E-state index in [9.17, 15) is 0 Å². The second kappa shape index (κ2) is 11.7. The van der Waals surface area contributed by atoms with Crippen molar-refractivity contribution in [3.8, 4) is 33.4 Å². The summed E-state index contributed by atoms with van der Waals surface area (Å²) < 4.78 is 0. The van der Waals surface area contributed by atoms with Crippen molar-refractivity contribution in [2.45, 2.75) is 12.3 Å². The molecule has 3 nitrogen and oxygen atoms in total. The van der Waals surface area contributed by atoms with Gasteiger partial charge in [0.05, 0.1) is 0 Å². The number of benzene rings is 6. The largest absolute Gasteiger partial charge is 0.350 e. The highest BCUT2D eigenvalue weighted by atomic mass is 15.3. The first-order chi connectivity index (χ1) is 20.8. The van der Waals surface area contributed by atoms with Gasteiger partial charge in [-0.1, -0.05) is 146 Å². The fourth-order valence-corrected chi connectivity index (χ4v) is 5.57. The van der Waals surface area contributed by atoms with Crippen molar-refractivity contribution >= 4 is 5.84 Å². The van der Waals surface area contributed by atoms with Crippen molar-refractivity contribution in [3.05, 3.63) is 180 Å². The fourth-order valence-electron chi connectivity index (χ4n) is 5.57. The fraction of sp³-hybridized carbons (Fsp3) is 0.0513. The van der Waals surface area contributed by atoms with E-state index in [0.29, 0.717) is 0 Å². The lowest BCUT2D eigenvalue weighted by atomic mass is 9.99. The molecule has 0 amide bonds. The van der Waals surface area contributed by atoms with Crippen LogP contribution in [-0.2, 0) is 0 Å². The third kappa shape index (κ3) is 5.51. The summed E-state index contributed by atoms with van der Waals surface area (Å²) in [5.74, 6) is 0.872. The summed E-state index contributed by atoms with van der Waals surface area (Å²) in [5.41, 5.74) is 10.5. The average molecular weight is 542 g/mol. The van der Waals surface area contributed by atoms with E-state index in [-0.39, 0.29) is 12.3 Å². The molecule has 3 heteroatoms. The quantitative estimate of drug-likeness (QED) is 0.221. The number of nitrogens with one attached hydrogen (secondary N) is 2. The highest BCUT2D eigenvalue weighted by Gasteiger charge is 2.26. The van der Waals surface area contributed by atoms with Gasteiger partial charge in [0, 0.05) is 5.56 Å². The number of aliphatic imine (C=N–C) groups is 1. The van der Waals surface area contributed by atoms with Crippen LogP contribution in [0.5, 0.6) is 0 Å². The van der Waals surface area contributed by atoms with Crippen LogP contribution in [0.4, 0.5) is 0 Å². The lowest BCUT2D eigenvalue weighted by molar-refractivity contribution is 0.409. The van der Waals surface area contributed by atoms with E-state index in [0.717, 1.165) is 22.5 Å². The van der Waals surface area contributed by atoms with Crippen LogP contribution in [0.1, 0.15) is 29.0 Å². The summed E-state index contributed by atoms with van der Waals surface area (Å²) in [4.78, 5) is 5.24. The zero-order valence-electron chi connectivity index (χ0n) is 23.2. The van der Waals surface area contributed by atoms with E-state index in [1.807, 2.05) is 6.07 Å². The van der Waals surface area contributed by atoms with Crippen LogP contribution in [0, 0.1) is 0 Å². The molecule has 0 radical (unpaired) electrons. The molecule has 0 spiro atoms. The van der Waals surface area contributed by atoms with Gasteiger partial charge in [0.15, 0.2) is 0 Å². The topological polar surface area (TPSA) is 36.4 Å². The van der Waals surface area contributed by atoms with E-state index in [1.165, 1.54) is 33.4 Å².